The summed E-state index contributed by atoms with van der Waals surface area (Å²) in [6, 6.07) is 7.86. The van der Waals surface area contributed by atoms with Crippen molar-refractivity contribution < 1.29 is 8.42 Å². The van der Waals surface area contributed by atoms with E-state index in [-0.39, 0.29) is 11.5 Å². The van der Waals surface area contributed by atoms with Gasteiger partial charge >= 0.3 is 0 Å². The van der Waals surface area contributed by atoms with Gasteiger partial charge in [0.05, 0.1) is 11.9 Å². The Hall–Kier alpha value is -2.15. The number of sulfonamides is 1. The summed E-state index contributed by atoms with van der Waals surface area (Å²) >= 11 is 0. The van der Waals surface area contributed by atoms with Crippen molar-refractivity contribution in [2.24, 2.45) is 0 Å². The molecule has 1 aromatic carbocycles. The molecular weight excluding hydrogens is 290 g/mol. The van der Waals surface area contributed by atoms with Crippen LogP contribution in [0.25, 0.3) is 0 Å². The highest BCUT2D eigenvalue weighted by atomic mass is 32.2. The Bertz CT molecular complexity index is 826. The molecule has 0 saturated heterocycles. The fraction of sp³-hybridized carbons (Fsp3) is 0.286. The molecule has 21 heavy (non-hydrogen) atoms. The van der Waals surface area contributed by atoms with E-state index >= 15 is 0 Å². The summed E-state index contributed by atoms with van der Waals surface area (Å²) in [5, 5.41) is 0. The molecule has 6 nitrogen and oxygen atoms in total. The van der Waals surface area contributed by atoms with E-state index in [4.69, 9.17) is 0 Å². The number of anilines is 1. The second-order valence-electron chi connectivity index (χ2n) is 5.02. The normalized spacial score (nSPS) is 11.4. The van der Waals surface area contributed by atoms with E-state index in [2.05, 4.69) is 14.7 Å². The third-order valence-electron chi connectivity index (χ3n) is 2.97. The molecule has 7 heteroatoms. The van der Waals surface area contributed by atoms with Crippen LogP contribution in [0.2, 0.25) is 0 Å². The van der Waals surface area contributed by atoms with Crippen LogP contribution in [0.1, 0.15) is 22.4 Å². The number of aromatic amines is 1. The van der Waals surface area contributed by atoms with Gasteiger partial charge in [0.25, 0.3) is 5.56 Å². The van der Waals surface area contributed by atoms with Gasteiger partial charge in [0.15, 0.2) is 0 Å². The number of hydrogen-bond acceptors (Lipinski definition) is 4. The summed E-state index contributed by atoms with van der Waals surface area (Å²) in [4.78, 5) is 18.6. The van der Waals surface area contributed by atoms with Crippen molar-refractivity contribution in [1.82, 2.24) is 9.97 Å². The van der Waals surface area contributed by atoms with Crippen molar-refractivity contribution >= 4 is 16.0 Å². The highest BCUT2D eigenvalue weighted by Crippen LogP contribution is 2.11. The third kappa shape index (κ3) is 4.16. The summed E-state index contributed by atoms with van der Waals surface area (Å²) < 4.78 is 24.5. The molecule has 0 amide bonds. The molecule has 2 aromatic rings. The number of aryl methyl sites for hydroxylation is 2. The van der Waals surface area contributed by atoms with Gasteiger partial charge in [0.2, 0.25) is 16.0 Å². The van der Waals surface area contributed by atoms with E-state index < -0.39 is 10.0 Å². The minimum Gasteiger partial charge on any atom is -0.292 e. The number of nitrogens with zero attached hydrogens (tertiary/aromatic N) is 1. The third-order valence-corrected chi connectivity index (χ3v) is 3.53. The molecule has 0 saturated carbocycles. The van der Waals surface area contributed by atoms with Crippen LogP contribution in [0.15, 0.2) is 29.1 Å². The van der Waals surface area contributed by atoms with Crippen LogP contribution in [0.5, 0.6) is 0 Å². The molecule has 0 unspecified atom stereocenters. The molecule has 1 aromatic heterocycles. The standard InChI is InChI=1S/C14H17N3O3S/c1-9-5-4-6-11(7-9)8-12-10(2)15-14(16-13(12)18)17-21(3,19)20/h4-7H,8H2,1-3H3,(H2,15,16,17,18). The average molecular weight is 307 g/mol. The minimum absolute atomic E-state index is 0.0620. The average Bonchev–Trinajstić information content (AvgIpc) is 2.32. The van der Waals surface area contributed by atoms with E-state index in [9.17, 15) is 13.2 Å². The summed E-state index contributed by atoms with van der Waals surface area (Å²) in [6.07, 6.45) is 1.46. The van der Waals surface area contributed by atoms with Gasteiger partial charge in [-0.25, -0.2) is 13.4 Å². The van der Waals surface area contributed by atoms with Gasteiger partial charge in [-0.2, -0.15) is 0 Å². The molecular formula is C14H17N3O3S. The van der Waals surface area contributed by atoms with Gasteiger partial charge in [0, 0.05) is 12.0 Å². The fourth-order valence-corrected chi connectivity index (χ4v) is 2.52. The first-order valence-corrected chi connectivity index (χ1v) is 8.27. The number of benzene rings is 1. The molecule has 2 rings (SSSR count). The van der Waals surface area contributed by atoms with Crippen molar-refractivity contribution in [2.75, 3.05) is 11.0 Å². The maximum atomic E-state index is 12.1. The van der Waals surface area contributed by atoms with Crippen LogP contribution >= 0.6 is 0 Å². The number of H-pyrrole nitrogens is 1. The van der Waals surface area contributed by atoms with Crippen LogP contribution in [0.4, 0.5) is 5.95 Å². The zero-order valence-electron chi connectivity index (χ0n) is 12.1. The summed E-state index contributed by atoms with van der Waals surface area (Å²) in [5.41, 5.74) is 2.82. The maximum Gasteiger partial charge on any atom is 0.256 e. The number of rotatable bonds is 4. The highest BCUT2D eigenvalue weighted by Gasteiger charge is 2.11. The molecule has 0 aliphatic heterocycles. The molecule has 0 radical (unpaired) electrons. The Morgan fingerprint density at radius 1 is 1.29 bits per heavy atom. The van der Waals surface area contributed by atoms with E-state index in [0.717, 1.165) is 17.4 Å². The number of aromatic nitrogens is 2. The second-order valence-corrected chi connectivity index (χ2v) is 6.77. The zero-order chi connectivity index (χ0) is 15.6. The van der Waals surface area contributed by atoms with Gasteiger partial charge in [-0.3, -0.25) is 14.5 Å². The van der Waals surface area contributed by atoms with Gasteiger partial charge < -0.3 is 0 Å². The molecule has 0 spiro atoms. The van der Waals surface area contributed by atoms with Crippen LogP contribution in [-0.4, -0.2) is 24.6 Å². The lowest BCUT2D eigenvalue weighted by atomic mass is 10.0. The predicted octanol–water partition coefficient (Wildman–Crippen LogP) is 1.35. The first-order valence-electron chi connectivity index (χ1n) is 6.38. The molecule has 112 valence electrons. The van der Waals surface area contributed by atoms with Crippen molar-refractivity contribution in [2.45, 2.75) is 20.3 Å². The molecule has 2 N–H and O–H groups in total. The smallest absolute Gasteiger partial charge is 0.256 e. The fourth-order valence-electron chi connectivity index (χ4n) is 2.07. The monoisotopic (exact) mass is 307 g/mol. The zero-order valence-corrected chi connectivity index (χ0v) is 12.9. The van der Waals surface area contributed by atoms with E-state index in [0.29, 0.717) is 17.7 Å². The first-order chi connectivity index (χ1) is 9.74. The maximum absolute atomic E-state index is 12.1. The summed E-state index contributed by atoms with van der Waals surface area (Å²) in [5.74, 6) is -0.0620. The lowest BCUT2D eigenvalue weighted by Crippen LogP contribution is -2.21. The van der Waals surface area contributed by atoms with Gasteiger partial charge in [0.1, 0.15) is 0 Å². The van der Waals surface area contributed by atoms with Gasteiger partial charge in [-0.05, 0) is 19.4 Å². The molecule has 0 fully saturated rings. The Balaban J connectivity index is 2.36. The van der Waals surface area contributed by atoms with Crippen LogP contribution in [0, 0.1) is 13.8 Å². The van der Waals surface area contributed by atoms with E-state index in [1.807, 2.05) is 31.2 Å². The summed E-state index contributed by atoms with van der Waals surface area (Å²) in [7, 11) is -3.47. The second kappa shape index (κ2) is 5.69. The van der Waals surface area contributed by atoms with Crippen LogP contribution in [0.3, 0.4) is 0 Å². The topological polar surface area (TPSA) is 91.9 Å². The Morgan fingerprint density at radius 2 is 2.00 bits per heavy atom. The molecule has 0 bridgehead atoms. The molecule has 1 heterocycles. The van der Waals surface area contributed by atoms with Crippen molar-refractivity contribution in [3.8, 4) is 0 Å². The van der Waals surface area contributed by atoms with E-state index in [1.165, 1.54) is 0 Å². The lowest BCUT2D eigenvalue weighted by Gasteiger charge is -2.08. The summed E-state index contributed by atoms with van der Waals surface area (Å²) in [6.45, 7) is 3.67. The highest BCUT2D eigenvalue weighted by molar-refractivity contribution is 7.91. The van der Waals surface area contributed by atoms with Gasteiger partial charge in [-0.1, -0.05) is 29.8 Å². The Morgan fingerprint density at radius 3 is 2.57 bits per heavy atom. The van der Waals surface area contributed by atoms with E-state index in [1.54, 1.807) is 6.92 Å². The number of hydrogen-bond donors (Lipinski definition) is 2. The van der Waals surface area contributed by atoms with Crippen molar-refractivity contribution in [3.63, 3.8) is 0 Å². The van der Waals surface area contributed by atoms with Crippen LogP contribution < -0.4 is 10.3 Å². The largest absolute Gasteiger partial charge is 0.292 e. The lowest BCUT2D eigenvalue weighted by molar-refractivity contribution is 0.606. The van der Waals surface area contributed by atoms with Crippen molar-refractivity contribution in [1.29, 1.82) is 0 Å². The van der Waals surface area contributed by atoms with Crippen molar-refractivity contribution in [3.05, 3.63) is 57.0 Å². The molecule has 0 atom stereocenters. The molecule has 0 aliphatic carbocycles. The first kappa shape index (κ1) is 15.2. The SMILES string of the molecule is Cc1cccc(Cc2c(C)nc(NS(C)(=O)=O)[nH]c2=O)c1. The quantitative estimate of drug-likeness (QED) is 0.892. The Kier molecular flexibility index (Phi) is 4.13. The Labute approximate surface area is 123 Å². The van der Waals surface area contributed by atoms with Crippen LogP contribution in [-0.2, 0) is 16.4 Å². The predicted molar refractivity (Wildman–Crippen MR) is 82.0 cm³/mol. The van der Waals surface area contributed by atoms with Gasteiger partial charge in [-0.15, -0.1) is 0 Å². The number of nitrogens with one attached hydrogen (secondary N) is 2. The molecule has 0 aliphatic rings. The minimum atomic E-state index is -3.47.